The number of hydrogen-bond acceptors (Lipinski definition) is 5. The Morgan fingerprint density at radius 1 is 1.35 bits per heavy atom. The first-order valence-corrected chi connectivity index (χ1v) is 8.90. The van der Waals surface area contributed by atoms with E-state index in [0.29, 0.717) is 24.6 Å². The molecule has 1 aromatic heterocycles. The topological polar surface area (TPSA) is 60.2 Å². The van der Waals surface area contributed by atoms with Gasteiger partial charge in [0.25, 0.3) is 0 Å². The first-order chi connectivity index (χ1) is 12.4. The SMILES string of the molecule is COCCN1C(=O)CS[C@H]1c1cn(Cc2ccccc2C(F)(F)F)nn1. The number of amides is 1. The predicted molar refractivity (Wildman–Crippen MR) is 89.4 cm³/mol. The van der Waals surface area contributed by atoms with Crippen LogP contribution >= 0.6 is 11.8 Å². The van der Waals surface area contributed by atoms with Gasteiger partial charge in [0.1, 0.15) is 11.1 Å². The zero-order valence-electron chi connectivity index (χ0n) is 13.9. The summed E-state index contributed by atoms with van der Waals surface area (Å²) < 4.78 is 45.7. The molecule has 2 heterocycles. The van der Waals surface area contributed by atoms with Gasteiger partial charge in [-0.1, -0.05) is 23.4 Å². The van der Waals surface area contributed by atoms with Gasteiger partial charge in [-0.05, 0) is 11.6 Å². The smallest absolute Gasteiger partial charge is 0.383 e. The number of aromatic nitrogens is 3. The molecule has 6 nitrogen and oxygen atoms in total. The Morgan fingerprint density at radius 2 is 2.12 bits per heavy atom. The molecule has 1 aliphatic rings. The van der Waals surface area contributed by atoms with Gasteiger partial charge in [-0.3, -0.25) is 4.79 Å². The summed E-state index contributed by atoms with van der Waals surface area (Å²) in [5, 5.41) is 7.69. The van der Waals surface area contributed by atoms with Gasteiger partial charge in [-0.2, -0.15) is 13.2 Å². The molecule has 0 saturated carbocycles. The van der Waals surface area contributed by atoms with E-state index >= 15 is 0 Å². The summed E-state index contributed by atoms with van der Waals surface area (Å²) in [5.41, 5.74) is -0.0338. The largest absolute Gasteiger partial charge is 0.416 e. The lowest BCUT2D eigenvalue weighted by Gasteiger charge is -2.21. The molecule has 1 aliphatic heterocycles. The lowest BCUT2D eigenvalue weighted by molar-refractivity contribution is -0.138. The van der Waals surface area contributed by atoms with E-state index in [4.69, 9.17) is 4.74 Å². The van der Waals surface area contributed by atoms with Crippen LogP contribution in [0.15, 0.2) is 30.5 Å². The van der Waals surface area contributed by atoms with Crippen LogP contribution in [-0.4, -0.2) is 51.8 Å². The highest BCUT2D eigenvalue weighted by atomic mass is 32.2. The molecule has 140 valence electrons. The van der Waals surface area contributed by atoms with Gasteiger partial charge < -0.3 is 9.64 Å². The van der Waals surface area contributed by atoms with Crippen LogP contribution in [0.1, 0.15) is 22.2 Å². The van der Waals surface area contributed by atoms with Gasteiger partial charge in [-0.25, -0.2) is 4.68 Å². The molecular weight excluding hydrogens is 369 g/mol. The molecule has 0 N–H and O–H groups in total. The second-order valence-corrected chi connectivity index (χ2v) is 6.81. The van der Waals surface area contributed by atoms with Crippen molar-refractivity contribution >= 4 is 17.7 Å². The van der Waals surface area contributed by atoms with E-state index in [1.807, 2.05) is 0 Å². The van der Waals surface area contributed by atoms with Crippen molar-refractivity contribution in [3.8, 4) is 0 Å². The highest BCUT2D eigenvalue weighted by Crippen LogP contribution is 2.37. The Labute approximate surface area is 152 Å². The molecule has 2 aromatic rings. The number of rotatable bonds is 6. The molecule has 3 rings (SSSR count). The maximum atomic E-state index is 13.1. The van der Waals surface area contributed by atoms with E-state index in [2.05, 4.69) is 10.3 Å². The van der Waals surface area contributed by atoms with E-state index in [1.54, 1.807) is 24.3 Å². The van der Waals surface area contributed by atoms with Crippen LogP contribution in [0, 0.1) is 0 Å². The number of thioether (sulfide) groups is 1. The van der Waals surface area contributed by atoms with Gasteiger partial charge in [0, 0.05) is 13.7 Å². The number of benzene rings is 1. The van der Waals surface area contributed by atoms with E-state index in [-0.39, 0.29) is 23.4 Å². The maximum Gasteiger partial charge on any atom is 0.416 e. The van der Waals surface area contributed by atoms with Crippen molar-refractivity contribution in [3.63, 3.8) is 0 Å². The van der Waals surface area contributed by atoms with Crippen LogP contribution in [0.2, 0.25) is 0 Å². The number of hydrogen-bond donors (Lipinski definition) is 0. The quantitative estimate of drug-likeness (QED) is 0.764. The van der Waals surface area contributed by atoms with E-state index in [0.717, 1.165) is 6.07 Å². The first kappa shape index (κ1) is 18.7. The first-order valence-electron chi connectivity index (χ1n) is 7.85. The fourth-order valence-electron chi connectivity index (χ4n) is 2.74. The minimum absolute atomic E-state index is 0.0194. The molecule has 26 heavy (non-hydrogen) atoms. The summed E-state index contributed by atoms with van der Waals surface area (Å²) in [7, 11) is 1.55. The third-order valence-electron chi connectivity index (χ3n) is 3.97. The molecule has 1 fully saturated rings. The number of carbonyl (C=O) groups excluding carboxylic acids is 1. The second-order valence-electron chi connectivity index (χ2n) is 5.74. The van der Waals surface area contributed by atoms with Gasteiger partial charge in [0.15, 0.2) is 0 Å². The zero-order valence-corrected chi connectivity index (χ0v) is 14.8. The minimum Gasteiger partial charge on any atom is -0.383 e. The molecule has 0 unspecified atom stereocenters. The Morgan fingerprint density at radius 3 is 2.85 bits per heavy atom. The Bertz CT molecular complexity index is 781. The number of ether oxygens (including phenoxy) is 1. The van der Waals surface area contributed by atoms with Gasteiger partial charge >= 0.3 is 6.18 Å². The predicted octanol–water partition coefficient (Wildman–Crippen LogP) is 2.57. The molecular formula is C16H17F3N4O2S. The van der Waals surface area contributed by atoms with Gasteiger partial charge in [-0.15, -0.1) is 16.9 Å². The average Bonchev–Trinajstić information content (AvgIpc) is 3.19. The lowest BCUT2D eigenvalue weighted by atomic mass is 10.1. The number of halogens is 3. The van der Waals surface area contributed by atoms with Crippen LogP contribution in [0.4, 0.5) is 13.2 Å². The van der Waals surface area contributed by atoms with Crippen LogP contribution in [0.3, 0.4) is 0 Å². The van der Waals surface area contributed by atoms with Crippen LogP contribution < -0.4 is 0 Å². The molecule has 1 aromatic carbocycles. The standard InChI is InChI=1S/C16H17F3N4O2S/c1-25-7-6-23-14(24)10-26-15(23)13-9-22(21-20-13)8-11-4-2-3-5-12(11)16(17,18)19/h2-5,9,15H,6-8,10H2,1H3/t15-/m0/s1. The third kappa shape index (κ3) is 4.01. The fourth-order valence-corrected chi connectivity index (χ4v) is 3.89. The van der Waals surface area contributed by atoms with E-state index in [1.165, 1.54) is 28.6 Å². The minimum atomic E-state index is -4.43. The second kappa shape index (κ2) is 7.67. The molecule has 1 saturated heterocycles. The zero-order chi connectivity index (χ0) is 18.7. The molecule has 1 atom stereocenters. The lowest BCUT2D eigenvalue weighted by Crippen LogP contribution is -2.31. The number of carbonyl (C=O) groups is 1. The number of nitrogens with zero attached hydrogens (tertiary/aromatic N) is 4. The summed E-state index contributed by atoms with van der Waals surface area (Å²) in [4.78, 5) is 13.6. The van der Waals surface area contributed by atoms with Crippen molar-refractivity contribution in [1.82, 2.24) is 19.9 Å². The van der Waals surface area contributed by atoms with Crippen LogP contribution in [0.25, 0.3) is 0 Å². The summed E-state index contributed by atoms with van der Waals surface area (Å²) in [6, 6.07) is 5.38. The Kier molecular flexibility index (Phi) is 5.52. The molecule has 0 aliphatic carbocycles. The summed E-state index contributed by atoms with van der Waals surface area (Å²) >= 11 is 1.41. The molecule has 1 amide bonds. The van der Waals surface area contributed by atoms with Crippen LogP contribution in [0.5, 0.6) is 0 Å². The average molecular weight is 386 g/mol. The normalized spacial score (nSPS) is 17.9. The van der Waals surface area contributed by atoms with Crippen molar-refractivity contribution in [3.05, 3.63) is 47.3 Å². The van der Waals surface area contributed by atoms with E-state index in [9.17, 15) is 18.0 Å². The third-order valence-corrected chi connectivity index (χ3v) is 5.19. The van der Waals surface area contributed by atoms with Crippen molar-refractivity contribution in [2.75, 3.05) is 26.0 Å². The van der Waals surface area contributed by atoms with Crippen molar-refractivity contribution in [1.29, 1.82) is 0 Å². The van der Waals surface area contributed by atoms with Gasteiger partial charge in [0.2, 0.25) is 5.91 Å². The summed E-state index contributed by atoms with van der Waals surface area (Å²) in [6.45, 7) is 0.777. The number of alkyl halides is 3. The fraction of sp³-hybridized carbons (Fsp3) is 0.438. The highest BCUT2D eigenvalue weighted by Gasteiger charge is 2.35. The van der Waals surface area contributed by atoms with Gasteiger partial charge in [0.05, 0.1) is 30.7 Å². The maximum absolute atomic E-state index is 13.1. The van der Waals surface area contributed by atoms with Crippen molar-refractivity contribution in [2.45, 2.75) is 18.1 Å². The van der Waals surface area contributed by atoms with Crippen LogP contribution in [-0.2, 0) is 22.3 Å². The summed E-state index contributed by atoms with van der Waals surface area (Å²) in [5.74, 6) is 0.312. The summed E-state index contributed by atoms with van der Waals surface area (Å²) in [6.07, 6.45) is -2.84. The monoisotopic (exact) mass is 386 g/mol. The van der Waals surface area contributed by atoms with Crippen molar-refractivity contribution < 1.29 is 22.7 Å². The molecule has 0 radical (unpaired) electrons. The number of methoxy groups -OCH3 is 1. The van der Waals surface area contributed by atoms with E-state index < -0.39 is 11.7 Å². The molecule has 10 heteroatoms. The molecule has 0 spiro atoms. The molecule has 0 bridgehead atoms. The van der Waals surface area contributed by atoms with Crippen molar-refractivity contribution in [2.24, 2.45) is 0 Å². The highest BCUT2D eigenvalue weighted by molar-refractivity contribution is 8.00. The Hall–Kier alpha value is -2.07. The Balaban J connectivity index is 1.78.